The first-order valence-corrected chi connectivity index (χ1v) is 9.88. The largest absolute Gasteiger partial charge is 0.423 e. The number of benzene rings is 2. The van der Waals surface area contributed by atoms with Gasteiger partial charge in [-0.2, -0.15) is 5.26 Å². The fourth-order valence-corrected chi connectivity index (χ4v) is 4.18. The van der Waals surface area contributed by atoms with Crippen LogP contribution in [0.25, 0.3) is 22.1 Å². The summed E-state index contributed by atoms with van der Waals surface area (Å²) in [6, 6.07) is 16.2. The lowest BCUT2D eigenvalue weighted by molar-refractivity contribution is 0.271. The number of fused-ring (bicyclic) bond motifs is 1. The minimum atomic E-state index is -0.219. The first-order valence-electron chi connectivity index (χ1n) is 9.88. The van der Waals surface area contributed by atoms with E-state index in [1.165, 1.54) is 12.8 Å². The lowest BCUT2D eigenvalue weighted by Gasteiger charge is -2.21. The topological polar surface area (TPSA) is 57.2 Å². The minimum Gasteiger partial charge on any atom is -0.423 e. The van der Waals surface area contributed by atoms with Gasteiger partial charge in [0.15, 0.2) is 0 Å². The molecule has 4 heteroatoms. The maximum atomic E-state index is 12.6. The highest BCUT2D eigenvalue weighted by Gasteiger charge is 2.21. The summed E-state index contributed by atoms with van der Waals surface area (Å²) < 4.78 is 5.63. The van der Waals surface area contributed by atoms with E-state index in [-0.39, 0.29) is 5.63 Å². The molecular formula is C24H24N2O2. The number of nitrogens with zero attached hydrogens (tertiary/aromatic N) is 2. The molecule has 2 heterocycles. The van der Waals surface area contributed by atoms with E-state index in [1.54, 1.807) is 0 Å². The zero-order valence-corrected chi connectivity index (χ0v) is 16.4. The molecule has 0 amide bonds. The Bertz CT molecular complexity index is 1110. The zero-order chi connectivity index (χ0) is 19.7. The van der Waals surface area contributed by atoms with Gasteiger partial charge in [-0.15, -0.1) is 0 Å². The molecule has 0 bridgehead atoms. The van der Waals surface area contributed by atoms with Crippen molar-refractivity contribution in [2.75, 3.05) is 13.1 Å². The third-order valence-corrected chi connectivity index (χ3v) is 5.97. The van der Waals surface area contributed by atoms with Crippen LogP contribution in [-0.2, 0) is 6.42 Å². The van der Waals surface area contributed by atoms with Crippen molar-refractivity contribution in [3.8, 4) is 17.2 Å². The van der Waals surface area contributed by atoms with Crippen molar-refractivity contribution in [2.24, 2.45) is 0 Å². The second-order valence-corrected chi connectivity index (χ2v) is 7.67. The van der Waals surface area contributed by atoms with Crippen LogP contribution in [0.4, 0.5) is 0 Å². The van der Waals surface area contributed by atoms with Crippen LogP contribution in [0, 0.1) is 18.3 Å². The van der Waals surface area contributed by atoms with E-state index in [0.29, 0.717) is 17.2 Å². The van der Waals surface area contributed by atoms with Crippen molar-refractivity contribution >= 4 is 11.0 Å². The van der Waals surface area contributed by atoms with Gasteiger partial charge in [0.1, 0.15) is 5.58 Å². The summed E-state index contributed by atoms with van der Waals surface area (Å²) in [5.41, 5.74) is 4.93. The van der Waals surface area contributed by atoms with Crippen molar-refractivity contribution in [2.45, 2.75) is 39.2 Å². The summed E-state index contributed by atoms with van der Waals surface area (Å²) >= 11 is 0. The normalized spacial score (nSPS) is 17.1. The predicted molar refractivity (Wildman–Crippen MR) is 111 cm³/mol. The second-order valence-electron chi connectivity index (χ2n) is 7.67. The molecule has 2 aromatic carbocycles. The Morgan fingerprint density at radius 1 is 1.18 bits per heavy atom. The number of nitriles is 1. The van der Waals surface area contributed by atoms with E-state index < -0.39 is 0 Å². The third-order valence-electron chi connectivity index (χ3n) is 5.97. The Balaban J connectivity index is 1.69. The molecule has 4 rings (SSSR count). The summed E-state index contributed by atoms with van der Waals surface area (Å²) in [5.74, 6) is 0. The molecule has 28 heavy (non-hydrogen) atoms. The van der Waals surface area contributed by atoms with Crippen LogP contribution in [0.15, 0.2) is 51.7 Å². The van der Waals surface area contributed by atoms with Gasteiger partial charge >= 0.3 is 5.63 Å². The van der Waals surface area contributed by atoms with Gasteiger partial charge in [0.25, 0.3) is 0 Å². The molecule has 1 atom stereocenters. The van der Waals surface area contributed by atoms with E-state index >= 15 is 0 Å². The van der Waals surface area contributed by atoms with E-state index in [1.807, 2.05) is 43.3 Å². The molecule has 3 aromatic rings. The standard InChI is InChI=1S/C24H24N2O2/c1-16-4-3-12-26(16)13-11-21-17(2)22-14-20(9-10-23(22)28-24(21)27)19-7-5-18(15-25)6-8-19/h5-10,14,16H,3-4,11-13H2,1-2H3/t16-/m0/s1. The van der Waals surface area contributed by atoms with Gasteiger partial charge < -0.3 is 9.32 Å². The van der Waals surface area contributed by atoms with Crippen LogP contribution >= 0.6 is 0 Å². The Morgan fingerprint density at radius 3 is 2.61 bits per heavy atom. The number of hydrogen-bond donors (Lipinski definition) is 0. The van der Waals surface area contributed by atoms with Crippen LogP contribution < -0.4 is 5.63 Å². The van der Waals surface area contributed by atoms with Gasteiger partial charge in [0.05, 0.1) is 11.6 Å². The molecule has 0 N–H and O–H groups in total. The molecule has 0 saturated carbocycles. The Morgan fingerprint density at radius 2 is 1.93 bits per heavy atom. The van der Waals surface area contributed by atoms with Gasteiger partial charge in [0.2, 0.25) is 0 Å². The maximum Gasteiger partial charge on any atom is 0.339 e. The molecule has 0 radical (unpaired) electrons. The number of likely N-dealkylation sites (tertiary alicyclic amines) is 1. The van der Waals surface area contributed by atoms with Gasteiger partial charge in [-0.25, -0.2) is 4.79 Å². The monoisotopic (exact) mass is 372 g/mol. The molecule has 1 aliphatic heterocycles. The average molecular weight is 372 g/mol. The first kappa shape index (κ1) is 18.5. The van der Waals surface area contributed by atoms with Crippen molar-refractivity contribution in [3.05, 3.63) is 69.6 Å². The second kappa shape index (κ2) is 7.61. The van der Waals surface area contributed by atoms with Crippen molar-refractivity contribution in [1.29, 1.82) is 5.26 Å². The molecule has 1 aromatic heterocycles. The number of hydrogen-bond acceptors (Lipinski definition) is 4. The lowest BCUT2D eigenvalue weighted by atomic mass is 9.98. The van der Waals surface area contributed by atoms with Crippen LogP contribution in [-0.4, -0.2) is 24.0 Å². The van der Waals surface area contributed by atoms with E-state index in [0.717, 1.165) is 47.2 Å². The molecule has 1 saturated heterocycles. The van der Waals surface area contributed by atoms with Crippen LogP contribution in [0.5, 0.6) is 0 Å². The molecule has 1 fully saturated rings. The highest BCUT2D eigenvalue weighted by atomic mass is 16.4. The smallest absolute Gasteiger partial charge is 0.339 e. The molecule has 4 nitrogen and oxygen atoms in total. The fraction of sp³-hybridized carbons (Fsp3) is 0.333. The van der Waals surface area contributed by atoms with E-state index in [4.69, 9.17) is 9.68 Å². The average Bonchev–Trinajstić information content (AvgIpc) is 3.12. The van der Waals surface area contributed by atoms with Crippen LogP contribution in [0.2, 0.25) is 0 Å². The maximum absolute atomic E-state index is 12.6. The van der Waals surface area contributed by atoms with Crippen LogP contribution in [0.3, 0.4) is 0 Å². The summed E-state index contributed by atoms with van der Waals surface area (Å²) in [6.07, 6.45) is 3.19. The minimum absolute atomic E-state index is 0.219. The highest BCUT2D eigenvalue weighted by molar-refractivity contribution is 5.86. The van der Waals surface area contributed by atoms with E-state index in [9.17, 15) is 4.79 Å². The van der Waals surface area contributed by atoms with Gasteiger partial charge in [-0.1, -0.05) is 18.2 Å². The number of aryl methyl sites for hydroxylation is 1. The Labute approximate surface area is 165 Å². The highest BCUT2D eigenvalue weighted by Crippen LogP contribution is 2.27. The lowest BCUT2D eigenvalue weighted by Crippen LogP contribution is -2.30. The molecule has 0 aliphatic carbocycles. The van der Waals surface area contributed by atoms with Crippen LogP contribution in [0.1, 0.15) is 36.5 Å². The quantitative estimate of drug-likeness (QED) is 0.625. The summed E-state index contributed by atoms with van der Waals surface area (Å²) in [4.78, 5) is 15.0. The molecular weight excluding hydrogens is 348 g/mol. The van der Waals surface area contributed by atoms with Gasteiger partial charge in [-0.3, -0.25) is 0 Å². The van der Waals surface area contributed by atoms with Crippen molar-refractivity contribution in [3.63, 3.8) is 0 Å². The third kappa shape index (κ3) is 3.46. The van der Waals surface area contributed by atoms with E-state index in [2.05, 4.69) is 24.0 Å². The van der Waals surface area contributed by atoms with Gasteiger partial charge in [0, 0.05) is 23.5 Å². The zero-order valence-electron chi connectivity index (χ0n) is 16.4. The molecule has 142 valence electrons. The van der Waals surface area contributed by atoms with Gasteiger partial charge in [-0.05, 0) is 80.6 Å². The fourth-order valence-electron chi connectivity index (χ4n) is 4.18. The Kier molecular flexibility index (Phi) is 5.02. The predicted octanol–water partition coefficient (Wildman–Crippen LogP) is 4.67. The molecule has 1 aliphatic rings. The summed E-state index contributed by atoms with van der Waals surface area (Å²) in [5, 5.41) is 9.96. The molecule has 0 unspecified atom stereocenters. The first-order chi connectivity index (χ1) is 13.6. The SMILES string of the molecule is Cc1c(CCN2CCC[C@@H]2C)c(=O)oc2ccc(-c3ccc(C#N)cc3)cc12. The van der Waals surface area contributed by atoms with Crippen molar-refractivity contribution in [1.82, 2.24) is 4.90 Å². The number of rotatable bonds is 4. The summed E-state index contributed by atoms with van der Waals surface area (Å²) in [6.45, 7) is 6.28. The summed E-state index contributed by atoms with van der Waals surface area (Å²) in [7, 11) is 0. The Hall–Kier alpha value is -2.90. The van der Waals surface area contributed by atoms with Crippen molar-refractivity contribution < 1.29 is 4.42 Å². The molecule has 0 spiro atoms.